The maximum atomic E-state index is 12.8. The van der Waals surface area contributed by atoms with E-state index in [1.165, 1.54) is 0 Å². The second-order valence-electron chi connectivity index (χ2n) is 9.74. The Morgan fingerprint density at radius 2 is 1.88 bits per heavy atom. The van der Waals surface area contributed by atoms with E-state index in [4.69, 9.17) is 16.8 Å². The normalized spacial score (nSPS) is 12.7. The van der Waals surface area contributed by atoms with Crippen LogP contribution < -0.4 is 5.73 Å². The number of anilines is 1. The van der Waals surface area contributed by atoms with Gasteiger partial charge in [-0.2, -0.15) is 5.10 Å². The van der Waals surface area contributed by atoms with Crippen molar-refractivity contribution in [3.05, 3.63) is 58.8 Å². The SMILES string of the molecule is [C-]#[N+]c1c(-c2ccc(C(C)C(=O)Cc3cc(CC(C)(C)C)no3)cc2)nn(C(C)C)c1N. The third-order valence-corrected chi connectivity index (χ3v) is 5.36. The molecule has 0 saturated heterocycles. The van der Waals surface area contributed by atoms with Crippen molar-refractivity contribution in [1.29, 1.82) is 0 Å². The van der Waals surface area contributed by atoms with Crippen molar-refractivity contribution < 1.29 is 9.32 Å². The molecule has 0 saturated carbocycles. The van der Waals surface area contributed by atoms with Crippen LogP contribution in [-0.2, 0) is 17.6 Å². The van der Waals surface area contributed by atoms with Gasteiger partial charge in [0.25, 0.3) is 5.69 Å². The molecule has 0 fully saturated rings. The van der Waals surface area contributed by atoms with Crippen LogP contribution in [0.1, 0.15) is 70.5 Å². The number of nitrogens with two attached hydrogens (primary N) is 1. The minimum atomic E-state index is -0.293. The standard InChI is InChI=1S/C25H31N5O2/c1-15(2)30-24(26)23(27-7)22(28-30)18-10-8-17(9-11-18)16(3)21(31)13-20-12-19(29-32-20)14-25(4,5)6/h8-12,15-16H,13-14,26H2,1-6H3. The fourth-order valence-electron chi connectivity index (χ4n) is 3.64. The van der Waals surface area contributed by atoms with Crippen LogP contribution in [0.5, 0.6) is 0 Å². The first-order valence-electron chi connectivity index (χ1n) is 10.8. The lowest BCUT2D eigenvalue weighted by Crippen LogP contribution is -2.12. The zero-order valence-electron chi connectivity index (χ0n) is 19.6. The van der Waals surface area contributed by atoms with Gasteiger partial charge in [-0.05, 0) is 36.8 Å². The summed E-state index contributed by atoms with van der Waals surface area (Å²) in [6.45, 7) is 19.7. The van der Waals surface area contributed by atoms with Crippen LogP contribution in [0.3, 0.4) is 0 Å². The zero-order chi connectivity index (χ0) is 23.6. The maximum Gasteiger partial charge on any atom is 0.254 e. The first-order valence-corrected chi connectivity index (χ1v) is 10.8. The highest BCUT2D eigenvalue weighted by atomic mass is 16.5. The predicted molar refractivity (Wildman–Crippen MR) is 126 cm³/mol. The molecule has 1 unspecified atom stereocenters. The average Bonchev–Trinajstić information content (AvgIpc) is 3.29. The summed E-state index contributed by atoms with van der Waals surface area (Å²) in [4.78, 5) is 16.4. The van der Waals surface area contributed by atoms with Crippen LogP contribution in [0.25, 0.3) is 16.1 Å². The molecule has 7 heteroatoms. The summed E-state index contributed by atoms with van der Waals surface area (Å²) in [5.74, 6) is 0.731. The number of benzene rings is 1. The lowest BCUT2D eigenvalue weighted by molar-refractivity contribution is -0.119. The Balaban J connectivity index is 1.74. The number of Topliss-reactive ketones (excluding diaryl/α,β-unsaturated/α-hetero) is 1. The molecule has 2 heterocycles. The van der Waals surface area contributed by atoms with Crippen molar-refractivity contribution in [2.75, 3.05) is 5.73 Å². The molecule has 0 bridgehead atoms. The number of nitrogen functional groups attached to an aromatic ring is 1. The van der Waals surface area contributed by atoms with Gasteiger partial charge >= 0.3 is 0 Å². The summed E-state index contributed by atoms with van der Waals surface area (Å²) in [5, 5.41) is 8.63. The van der Waals surface area contributed by atoms with Crippen molar-refractivity contribution in [3.63, 3.8) is 0 Å². The third-order valence-electron chi connectivity index (χ3n) is 5.36. The summed E-state index contributed by atoms with van der Waals surface area (Å²) in [6.07, 6.45) is 1.00. The number of aromatic nitrogens is 3. The molecular weight excluding hydrogens is 402 g/mol. The van der Waals surface area contributed by atoms with Crippen LogP contribution in [0, 0.1) is 12.0 Å². The molecule has 168 valence electrons. The number of rotatable bonds is 7. The second kappa shape index (κ2) is 8.99. The molecule has 0 radical (unpaired) electrons. The van der Waals surface area contributed by atoms with E-state index in [1.54, 1.807) is 4.68 Å². The summed E-state index contributed by atoms with van der Waals surface area (Å²) < 4.78 is 7.04. The highest BCUT2D eigenvalue weighted by Gasteiger charge is 2.22. The minimum absolute atomic E-state index is 0.0566. The molecule has 0 aliphatic rings. The molecular formula is C25H31N5O2. The van der Waals surface area contributed by atoms with Gasteiger partial charge in [0, 0.05) is 18.0 Å². The van der Waals surface area contributed by atoms with Gasteiger partial charge in [-0.15, -0.1) is 0 Å². The molecule has 0 aliphatic carbocycles. The van der Waals surface area contributed by atoms with Crippen molar-refractivity contribution in [2.24, 2.45) is 5.41 Å². The van der Waals surface area contributed by atoms with Gasteiger partial charge in [0.05, 0.1) is 18.7 Å². The lowest BCUT2D eigenvalue weighted by Gasteiger charge is -2.15. The lowest BCUT2D eigenvalue weighted by atomic mass is 9.90. The molecule has 3 rings (SSSR count). The zero-order valence-corrected chi connectivity index (χ0v) is 19.6. The number of nitrogens with zero attached hydrogens (tertiary/aromatic N) is 4. The Labute approximate surface area is 189 Å². The van der Waals surface area contributed by atoms with Crippen LogP contribution in [0.15, 0.2) is 34.9 Å². The van der Waals surface area contributed by atoms with Crippen molar-refractivity contribution >= 4 is 17.3 Å². The first kappa shape index (κ1) is 23.3. The van der Waals surface area contributed by atoms with Gasteiger partial charge in [-0.3, -0.25) is 9.48 Å². The van der Waals surface area contributed by atoms with E-state index in [0.717, 1.165) is 23.2 Å². The molecule has 3 aromatic rings. The second-order valence-corrected chi connectivity index (χ2v) is 9.74. The Morgan fingerprint density at radius 1 is 1.22 bits per heavy atom. The van der Waals surface area contributed by atoms with E-state index in [1.807, 2.05) is 51.1 Å². The summed E-state index contributed by atoms with van der Waals surface area (Å²) in [6, 6.07) is 9.51. The summed E-state index contributed by atoms with van der Waals surface area (Å²) in [7, 11) is 0. The van der Waals surface area contributed by atoms with Gasteiger partial charge < -0.3 is 10.3 Å². The molecule has 1 atom stereocenters. The average molecular weight is 434 g/mol. The Hall–Kier alpha value is -3.40. The molecule has 0 aliphatic heterocycles. The molecule has 0 spiro atoms. The van der Waals surface area contributed by atoms with Crippen LogP contribution >= 0.6 is 0 Å². The largest absolute Gasteiger partial charge is 0.393 e. The molecule has 2 aromatic heterocycles. The van der Waals surface area contributed by atoms with Gasteiger partial charge in [0.2, 0.25) is 0 Å². The Bertz CT molecular complexity index is 1140. The quantitative estimate of drug-likeness (QED) is 0.479. The Kier molecular flexibility index (Phi) is 6.54. The van der Waals surface area contributed by atoms with Gasteiger partial charge in [0.1, 0.15) is 23.1 Å². The first-order chi connectivity index (χ1) is 15.0. The van der Waals surface area contributed by atoms with E-state index in [-0.39, 0.29) is 29.6 Å². The highest BCUT2D eigenvalue weighted by Crippen LogP contribution is 2.36. The number of carbonyl (C=O) groups excluding carboxylic acids is 1. The van der Waals surface area contributed by atoms with E-state index >= 15 is 0 Å². The van der Waals surface area contributed by atoms with Crippen molar-refractivity contribution in [2.45, 2.75) is 66.3 Å². The fraction of sp³-hybridized carbons (Fsp3) is 0.440. The topological polar surface area (TPSA) is 91.3 Å². The fourth-order valence-corrected chi connectivity index (χ4v) is 3.64. The summed E-state index contributed by atoms with van der Waals surface area (Å²) >= 11 is 0. The van der Waals surface area contributed by atoms with Crippen molar-refractivity contribution in [1.82, 2.24) is 14.9 Å². The van der Waals surface area contributed by atoms with E-state index in [2.05, 4.69) is 35.9 Å². The molecule has 32 heavy (non-hydrogen) atoms. The maximum absolute atomic E-state index is 12.8. The third kappa shape index (κ3) is 5.08. The van der Waals surface area contributed by atoms with Gasteiger partial charge in [-0.25, -0.2) is 4.85 Å². The Morgan fingerprint density at radius 3 is 2.44 bits per heavy atom. The van der Waals surface area contributed by atoms with E-state index in [9.17, 15) is 4.79 Å². The van der Waals surface area contributed by atoms with Crippen LogP contribution in [0.2, 0.25) is 0 Å². The van der Waals surface area contributed by atoms with Crippen LogP contribution in [0.4, 0.5) is 11.5 Å². The van der Waals surface area contributed by atoms with E-state index in [0.29, 0.717) is 23.0 Å². The minimum Gasteiger partial charge on any atom is -0.393 e. The predicted octanol–water partition coefficient (Wildman–Crippen LogP) is 5.76. The van der Waals surface area contributed by atoms with Gasteiger partial charge in [-0.1, -0.05) is 57.1 Å². The number of carbonyl (C=O) groups is 1. The van der Waals surface area contributed by atoms with Crippen LogP contribution in [-0.4, -0.2) is 20.7 Å². The number of hydrogen-bond donors (Lipinski definition) is 1. The molecule has 0 amide bonds. The number of hydrogen-bond acceptors (Lipinski definition) is 5. The monoisotopic (exact) mass is 433 g/mol. The summed E-state index contributed by atoms with van der Waals surface area (Å²) in [5.41, 5.74) is 9.69. The highest BCUT2D eigenvalue weighted by molar-refractivity contribution is 5.87. The smallest absolute Gasteiger partial charge is 0.254 e. The molecule has 1 aromatic carbocycles. The molecule has 7 nitrogen and oxygen atoms in total. The number of ketones is 1. The van der Waals surface area contributed by atoms with Crippen molar-refractivity contribution in [3.8, 4) is 11.3 Å². The van der Waals surface area contributed by atoms with E-state index < -0.39 is 0 Å². The van der Waals surface area contributed by atoms with Gasteiger partial charge in [0.15, 0.2) is 0 Å². The molecule has 2 N–H and O–H groups in total.